The normalized spacial score (nSPS) is 17.9. The standard InChI is InChI=1S/C4H4ClNO2S2/c5-10(7,8)4-2-1-3-6-9-4/h1-3,6H. The van der Waals surface area contributed by atoms with Crippen molar-refractivity contribution < 1.29 is 8.42 Å². The molecule has 1 N–H and O–H groups in total. The molecule has 0 radical (unpaired) electrons. The van der Waals surface area contributed by atoms with Gasteiger partial charge in [-0.2, -0.15) is 0 Å². The second kappa shape index (κ2) is 2.86. The van der Waals surface area contributed by atoms with Gasteiger partial charge in [0.25, 0.3) is 9.05 Å². The monoisotopic (exact) mass is 197 g/mol. The first-order valence-electron chi connectivity index (χ1n) is 2.34. The summed E-state index contributed by atoms with van der Waals surface area (Å²) >= 11 is 0.975. The van der Waals surface area contributed by atoms with Crippen LogP contribution >= 0.6 is 22.6 Å². The maximum Gasteiger partial charge on any atom is 0.269 e. The number of hydrogen-bond donors (Lipinski definition) is 1. The third-order valence-electron chi connectivity index (χ3n) is 0.796. The van der Waals surface area contributed by atoms with Gasteiger partial charge in [-0.3, -0.25) is 0 Å². The van der Waals surface area contributed by atoms with Crippen molar-refractivity contribution in [3.8, 4) is 0 Å². The molecule has 1 aliphatic rings. The Kier molecular flexibility index (Phi) is 2.28. The first-order valence-corrected chi connectivity index (χ1v) is 5.47. The van der Waals surface area contributed by atoms with E-state index in [9.17, 15) is 8.42 Å². The SMILES string of the molecule is O=S(=O)(Cl)C1=CC=CNS1. The maximum absolute atomic E-state index is 10.6. The lowest BCUT2D eigenvalue weighted by molar-refractivity contribution is 0.616. The van der Waals surface area contributed by atoms with Gasteiger partial charge >= 0.3 is 0 Å². The topological polar surface area (TPSA) is 46.2 Å². The van der Waals surface area contributed by atoms with Crippen molar-refractivity contribution in [1.29, 1.82) is 0 Å². The molecular weight excluding hydrogens is 194 g/mol. The van der Waals surface area contributed by atoms with E-state index in [2.05, 4.69) is 4.72 Å². The average molecular weight is 198 g/mol. The Morgan fingerprint density at radius 1 is 1.60 bits per heavy atom. The summed E-state index contributed by atoms with van der Waals surface area (Å²) in [6, 6.07) is 0. The molecule has 0 aromatic heterocycles. The van der Waals surface area contributed by atoms with Crippen LogP contribution < -0.4 is 4.72 Å². The Morgan fingerprint density at radius 3 is 2.60 bits per heavy atom. The number of hydrogen-bond acceptors (Lipinski definition) is 4. The predicted octanol–water partition coefficient (Wildman–Crippen LogP) is 1.16. The van der Waals surface area contributed by atoms with E-state index >= 15 is 0 Å². The van der Waals surface area contributed by atoms with Gasteiger partial charge in [0.1, 0.15) is 4.24 Å². The Bertz CT molecular complexity index is 280. The van der Waals surface area contributed by atoms with E-state index in [0.717, 1.165) is 11.9 Å². The molecule has 0 atom stereocenters. The highest BCUT2D eigenvalue weighted by Gasteiger charge is 2.14. The number of rotatable bonds is 1. The van der Waals surface area contributed by atoms with Crippen LogP contribution in [0.2, 0.25) is 0 Å². The van der Waals surface area contributed by atoms with Crippen LogP contribution in [-0.4, -0.2) is 8.42 Å². The van der Waals surface area contributed by atoms with E-state index in [0.29, 0.717) is 0 Å². The van der Waals surface area contributed by atoms with Crippen LogP contribution in [0, 0.1) is 0 Å². The Hall–Kier alpha value is -0.130. The van der Waals surface area contributed by atoms with Crippen LogP contribution in [-0.2, 0) is 9.05 Å². The van der Waals surface area contributed by atoms with Crippen LogP contribution in [0.4, 0.5) is 0 Å². The van der Waals surface area contributed by atoms with Gasteiger partial charge in [-0.1, -0.05) is 0 Å². The highest BCUT2D eigenvalue weighted by Crippen LogP contribution is 2.24. The molecule has 1 rings (SSSR count). The number of nitrogens with one attached hydrogen (secondary N) is 1. The molecule has 1 aliphatic heterocycles. The summed E-state index contributed by atoms with van der Waals surface area (Å²) in [7, 11) is 1.48. The Morgan fingerprint density at radius 2 is 2.30 bits per heavy atom. The second-order valence-electron chi connectivity index (χ2n) is 1.50. The lowest BCUT2D eigenvalue weighted by Gasteiger charge is -2.04. The van der Waals surface area contributed by atoms with Gasteiger partial charge in [-0.25, -0.2) is 8.42 Å². The molecule has 0 unspecified atom stereocenters. The van der Waals surface area contributed by atoms with Crippen molar-refractivity contribution in [3.63, 3.8) is 0 Å². The van der Waals surface area contributed by atoms with E-state index in [1.165, 1.54) is 6.08 Å². The van der Waals surface area contributed by atoms with Crippen LogP contribution in [0.3, 0.4) is 0 Å². The van der Waals surface area contributed by atoms with E-state index in [1.807, 2.05) is 0 Å². The molecule has 0 saturated heterocycles. The van der Waals surface area contributed by atoms with E-state index < -0.39 is 9.05 Å². The summed E-state index contributed by atoms with van der Waals surface area (Å²) in [6.45, 7) is 0. The van der Waals surface area contributed by atoms with Gasteiger partial charge in [0.05, 0.1) is 0 Å². The first kappa shape index (κ1) is 7.97. The number of allylic oxidation sites excluding steroid dienone is 2. The molecular formula is C4H4ClNO2S2. The molecule has 0 aliphatic carbocycles. The molecule has 0 bridgehead atoms. The van der Waals surface area contributed by atoms with Gasteiger partial charge < -0.3 is 4.72 Å². The van der Waals surface area contributed by atoms with Gasteiger partial charge in [-0.05, 0) is 24.1 Å². The fourth-order valence-electron chi connectivity index (χ4n) is 0.423. The van der Waals surface area contributed by atoms with Crippen molar-refractivity contribution >= 4 is 31.7 Å². The van der Waals surface area contributed by atoms with Crippen LogP contribution in [0.15, 0.2) is 22.6 Å². The minimum Gasteiger partial charge on any atom is -0.332 e. The van der Waals surface area contributed by atoms with Crippen LogP contribution in [0.25, 0.3) is 0 Å². The second-order valence-corrected chi connectivity index (χ2v) is 5.18. The van der Waals surface area contributed by atoms with Crippen molar-refractivity contribution in [2.24, 2.45) is 0 Å². The molecule has 0 fully saturated rings. The minimum absolute atomic E-state index is 0.122. The van der Waals surface area contributed by atoms with Crippen LogP contribution in [0.1, 0.15) is 0 Å². The predicted molar refractivity (Wildman–Crippen MR) is 42.7 cm³/mol. The lowest BCUT2D eigenvalue weighted by Crippen LogP contribution is -2.01. The van der Waals surface area contributed by atoms with Gasteiger partial charge in [0.15, 0.2) is 0 Å². The zero-order valence-corrected chi connectivity index (χ0v) is 7.13. The van der Waals surface area contributed by atoms with E-state index in [1.54, 1.807) is 12.3 Å². The molecule has 0 saturated carbocycles. The van der Waals surface area contributed by atoms with Crippen molar-refractivity contribution in [1.82, 2.24) is 4.72 Å². The minimum atomic E-state index is -3.54. The summed E-state index contributed by atoms with van der Waals surface area (Å²) < 4.78 is 23.9. The molecule has 0 amide bonds. The van der Waals surface area contributed by atoms with E-state index in [4.69, 9.17) is 10.7 Å². The fourth-order valence-corrected chi connectivity index (χ4v) is 2.05. The highest BCUT2D eigenvalue weighted by molar-refractivity contribution is 8.28. The maximum atomic E-state index is 10.6. The molecule has 0 spiro atoms. The van der Waals surface area contributed by atoms with Crippen molar-refractivity contribution in [2.75, 3.05) is 0 Å². The summed E-state index contributed by atoms with van der Waals surface area (Å²) in [4.78, 5) is 0. The third-order valence-corrected chi connectivity index (χ3v) is 3.69. The zero-order valence-electron chi connectivity index (χ0n) is 4.74. The molecule has 3 nitrogen and oxygen atoms in total. The van der Waals surface area contributed by atoms with Crippen molar-refractivity contribution in [3.05, 3.63) is 22.6 Å². The quantitative estimate of drug-likeness (QED) is 0.506. The fraction of sp³-hybridized carbons (Fsp3) is 0. The highest BCUT2D eigenvalue weighted by atomic mass is 35.7. The average Bonchev–Trinajstić information content (AvgIpc) is 1.88. The zero-order chi connectivity index (χ0) is 7.61. The summed E-state index contributed by atoms with van der Waals surface area (Å²) in [5.41, 5.74) is 0. The van der Waals surface area contributed by atoms with Gasteiger partial charge in [0, 0.05) is 16.9 Å². The smallest absolute Gasteiger partial charge is 0.269 e. The molecule has 0 aromatic rings. The largest absolute Gasteiger partial charge is 0.332 e. The summed E-state index contributed by atoms with van der Waals surface area (Å²) in [5, 5.41) is 0. The molecule has 56 valence electrons. The summed E-state index contributed by atoms with van der Waals surface area (Å²) in [5.74, 6) is 0. The number of halogens is 1. The molecule has 0 aromatic carbocycles. The molecule has 1 heterocycles. The van der Waals surface area contributed by atoms with Crippen LogP contribution in [0.5, 0.6) is 0 Å². The summed E-state index contributed by atoms with van der Waals surface area (Å²) in [6.07, 6.45) is 4.63. The third kappa shape index (κ3) is 1.93. The van der Waals surface area contributed by atoms with Gasteiger partial charge in [-0.15, -0.1) is 0 Å². The lowest BCUT2D eigenvalue weighted by atomic mass is 10.6. The first-order chi connectivity index (χ1) is 4.61. The van der Waals surface area contributed by atoms with Crippen molar-refractivity contribution in [2.45, 2.75) is 0 Å². The molecule has 10 heavy (non-hydrogen) atoms. The van der Waals surface area contributed by atoms with E-state index in [-0.39, 0.29) is 4.24 Å². The Balaban J connectivity index is 2.93. The molecule has 6 heteroatoms. The van der Waals surface area contributed by atoms with Gasteiger partial charge in [0.2, 0.25) is 0 Å². The Labute approximate surface area is 67.7 Å².